The van der Waals surface area contributed by atoms with Crippen molar-refractivity contribution in [3.63, 3.8) is 0 Å². The number of rotatable bonds is 4. The fourth-order valence-electron chi connectivity index (χ4n) is 2.85. The number of hydrogen-bond acceptors (Lipinski definition) is 3. The molecule has 0 bridgehead atoms. The molecule has 1 heterocycles. The van der Waals surface area contributed by atoms with E-state index in [0.29, 0.717) is 16.1 Å². The summed E-state index contributed by atoms with van der Waals surface area (Å²) < 4.78 is 2.67. The maximum Gasteiger partial charge on any atom is 0.317 e. The van der Waals surface area contributed by atoms with Crippen LogP contribution in [0, 0.1) is 5.41 Å². The molecule has 3 aromatic rings. The Morgan fingerprint density at radius 2 is 1.56 bits per heavy atom. The second kappa shape index (κ2) is 7.16. The first-order chi connectivity index (χ1) is 12.7. The summed E-state index contributed by atoms with van der Waals surface area (Å²) in [6, 6.07) is 14.4. The van der Waals surface area contributed by atoms with Gasteiger partial charge in [-0.1, -0.05) is 62.7 Å². The summed E-state index contributed by atoms with van der Waals surface area (Å²) in [7, 11) is 0. The van der Waals surface area contributed by atoms with Crippen molar-refractivity contribution < 1.29 is 4.79 Å². The summed E-state index contributed by atoms with van der Waals surface area (Å²) in [5.41, 5.74) is -0.0638. The van der Waals surface area contributed by atoms with E-state index in [1.165, 1.54) is 9.13 Å². The van der Waals surface area contributed by atoms with Crippen molar-refractivity contribution in [2.24, 2.45) is 5.41 Å². The maximum absolute atomic E-state index is 12.8. The fraction of sp³-hybridized carbons (Fsp3) is 0.286. The Morgan fingerprint density at radius 3 is 2.19 bits per heavy atom. The second-order valence-corrected chi connectivity index (χ2v) is 8.01. The number of fused-ring (bicyclic) bond motifs is 1. The minimum Gasteiger partial charge on any atom is -0.298 e. The zero-order chi connectivity index (χ0) is 19.8. The van der Waals surface area contributed by atoms with Crippen LogP contribution in [0.4, 0.5) is 0 Å². The number of aromatic nitrogens is 2. The number of ketones is 1. The SMILES string of the molecule is CC(C)(C)C(=O)Cn1c(=O)c(=O)n(Cc2ccccc2)c2ccc(Cl)cc21. The molecule has 0 unspecified atom stereocenters. The number of hydrogen-bond donors (Lipinski definition) is 0. The van der Waals surface area contributed by atoms with E-state index in [1.54, 1.807) is 39.0 Å². The van der Waals surface area contributed by atoms with Crippen molar-refractivity contribution in [3.8, 4) is 0 Å². The highest BCUT2D eigenvalue weighted by atomic mass is 35.5. The number of carbonyl (C=O) groups is 1. The third-order valence-corrected chi connectivity index (χ3v) is 4.75. The van der Waals surface area contributed by atoms with E-state index in [-0.39, 0.29) is 18.9 Å². The molecule has 2 aromatic carbocycles. The number of benzene rings is 2. The lowest BCUT2D eigenvalue weighted by atomic mass is 9.91. The first kappa shape index (κ1) is 19.1. The van der Waals surface area contributed by atoms with E-state index in [9.17, 15) is 14.4 Å². The average Bonchev–Trinajstić information content (AvgIpc) is 2.62. The van der Waals surface area contributed by atoms with E-state index >= 15 is 0 Å². The smallest absolute Gasteiger partial charge is 0.298 e. The van der Waals surface area contributed by atoms with Crippen LogP contribution in [0.3, 0.4) is 0 Å². The van der Waals surface area contributed by atoms with Gasteiger partial charge in [0, 0.05) is 10.4 Å². The third kappa shape index (κ3) is 3.88. The van der Waals surface area contributed by atoms with E-state index in [1.807, 2.05) is 30.3 Å². The van der Waals surface area contributed by atoms with Gasteiger partial charge in [0.2, 0.25) is 0 Å². The van der Waals surface area contributed by atoms with Gasteiger partial charge in [0.15, 0.2) is 5.78 Å². The van der Waals surface area contributed by atoms with Gasteiger partial charge in [-0.15, -0.1) is 0 Å². The highest BCUT2D eigenvalue weighted by molar-refractivity contribution is 6.31. The second-order valence-electron chi connectivity index (χ2n) is 7.57. The van der Waals surface area contributed by atoms with E-state index < -0.39 is 16.5 Å². The molecular weight excluding hydrogens is 364 g/mol. The standard InChI is InChI=1S/C21H21ClN2O3/c1-21(2,3)18(25)13-24-17-11-15(22)9-10-16(17)23(19(26)20(24)27)12-14-7-5-4-6-8-14/h4-11H,12-13H2,1-3H3. The summed E-state index contributed by atoms with van der Waals surface area (Å²) in [5, 5.41) is 0.434. The Balaban J connectivity index is 2.24. The van der Waals surface area contributed by atoms with Crippen LogP contribution in [0.5, 0.6) is 0 Å². The Labute approximate surface area is 161 Å². The van der Waals surface area contributed by atoms with Crippen LogP contribution in [0.1, 0.15) is 26.3 Å². The molecule has 140 valence electrons. The molecule has 0 fully saturated rings. The topological polar surface area (TPSA) is 61.1 Å². The summed E-state index contributed by atoms with van der Waals surface area (Å²) in [6.07, 6.45) is 0. The predicted octanol–water partition coefficient (Wildman–Crippen LogP) is 3.48. The molecule has 0 saturated carbocycles. The van der Waals surface area contributed by atoms with Gasteiger partial charge in [-0.25, -0.2) is 0 Å². The van der Waals surface area contributed by atoms with Crippen LogP contribution in [-0.4, -0.2) is 14.9 Å². The van der Waals surface area contributed by atoms with Crippen molar-refractivity contribution in [2.75, 3.05) is 0 Å². The predicted molar refractivity (Wildman–Crippen MR) is 107 cm³/mol. The minimum atomic E-state index is -0.724. The van der Waals surface area contributed by atoms with Gasteiger partial charge in [0.1, 0.15) is 0 Å². The quantitative estimate of drug-likeness (QED) is 0.647. The van der Waals surface area contributed by atoms with Gasteiger partial charge in [0.05, 0.1) is 24.1 Å². The first-order valence-electron chi connectivity index (χ1n) is 8.68. The van der Waals surface area contributed by atoms with Gasteiger partial charge >= 0.3 is 11.1 Å². The van der Waals surface area contributed by atoms with Crippen molar-refractivity contribution in [2.45, 2.75) is 33.9 Å². The van der Waals surface area contributed by atoms with Crippen LogP contribution in [0.25, 0.3) is 11.0 Å². The molecule has 5 nitrogen and oxygen atoms in total. The largest absolute Gasteiger partial charge is 0.317 e. The monoisotopic (exact) mass is 384 g/mol. The third-order valence-electron chi connectivity index (χ3n) is 4.51. The molecule has 6 heteroatoms. The summed E-state index contributed by atoms with van der Waals surface area (Å²) >= 11 is 6.13. The zero-order valence-corrected chi connectivity index (χ0v) is 16.3. The lowest BCUT2D eigenvalue weighted by molar-refractivity contribution is -0.126. The van der Waals surface area contributed by atoms with Gasteiger partial charge < -0.3 is 0 Å². The van der Waals surface area contributed by atoms with E-state index in [4.69, 9.17) is 11.6 Å². The fourth-order valence-corrected chi connectivity index (χ4v) is 3.02. The number of carbonyl (C=O) groups excluding carboxylic acids is 1. The Morgan fingerprint density at radius 1 is 0.926 bits per heavy atom. The van der Waals surface area contributed by atoms with Crippen LogP contribution in [0.2, 0.25) is 5.02 Å². The Hall–Kier alpha value is -2.66. The van der Waals surface area contributed by atoms with Crippen molar-refractivity contribution in [3.05, 3.63) is 79.8 Å². The molecule has 0 amide bonds. The minimum absolute atomic E-state index is 0.133. The normalized spacial score (nSPS) is 11.7. The molecule has 0 atom stereocenters. The Kier molecular flexibility index (Phi) is 5.07. The Bertz CT molecular complexity index is 1120. The molecule has 1 aromatic heterocycles. The van der Waals surface area contributed by atoms with Crippen LogP contribution in [-0.2, 0) is 17.9 Å². The summed E-state index contributed by atoms with van der Waals surface area (Å²) in [5.74, 6) is -0.133. The van der Waals surface area contributed by atoms with Crippen LogP contribution >= 0.6 is 11.6 Å². The zero-order valence-electron chi connectivity index (χ0n) is 15.5. The van der Waals surface area contributed by atoms with Gasteiger partial charge in [-0.2, -0.15) is 0 Å². The number of halogens is 1. The molecule has 0 spiro atoms. The number of nitrogens with zero attached hydrogens (tertiary/aromatic N) is 2. The van der Waals surface area contributed by atoms with E-state index in [2.05, 4.69) is 0 Å². The van der Waals surface area contributed by atoms with Gasteiger partial charge in [0.25, 0.3) is 0 Å². The summed E-state index contributed by atoms with van der Waals surface area (Å²) in [6.45, 7) is 5.45. The molecule has 0 radical (unpaired) electrons. The molecular formula is C21H21ClN2O3. The molecule has 0 N–H and O–H groups in total. The average molecular weight is 385 g/mol. The molecule has 0 aliphatic rings. The number of Topliss-reactive ketones (excluding diaryl/α,β-unsaturated/α-hetero) is 1. The molecule has 27 heavy (non-hydrogen) atoms. The van der Waals surface area contributed by atoms with Crippen molar-refractivity contribution >= 4 is 28.4 Å². The molecule has 0 aliphatic carbocycles. The molecule has 3 rings (SSSR count). The van der Waals surface area contributed by atoms with Crippen LogP contribution in [0.15, 0.2) is 58.1 Å². The molecule has 0 aliphatic heterocycles. The highest BCUT2D eigenvalue weighted by Crippen LogP contribution is 2.20. The van der Waals surface area contributed by atoms with E-state index in [0.717, 1.165) is 5.56 Å². The van der Waals surface area contributed by atoms with Crippen molar-refractivity contribution in [1.82, 2.24) is 9.13 Å². The lowest BCUT2D eigenvalue weighted by Crippen LogP contribution is -2.43. The van der Waals surface area contributed by atoms with Crippen molar-refractivity contribution in [1.29, 1.82) is 0 Å². The summed E-state index contributed by atoms with van der Waals surface area (Å²) in [4.78, 5) is 38.1. The first-order valence-corrected chi connectivity index (χ1v) is 9.06. The maximum atomic E-state index is 12.8. The van der Waals surface area contributed by atoms with Gasteiger partial charge in [-0.05, 0) is 23.8 Å². The highest BCUT2D eigenvalue weighted by Gasteiger charge is 2.24. The lowest BCUT2D eigenvalue weighted by Gasteiger charge is -2.20. The van der Waals surface area contributed by atoms with Crippen LogP contribution < -0.4 is 11.1 Å². The van der Waals surface area contributed by atoms with Gasteiger partial charge in [-0.3, -0.25) is 23.5 Å². The molecule has 0 saturated heterocycles.